The van der Waals surface area contributed by atoms with Crippen LogP contribution in [-0.2, 0) is 16.5 Å². The number of benzene rings is 1. The number of carbonyl (C=O) groups is 2. The van der Waals surface area contributed by atoms with Gasteiger partial charge in [0.15, 0.2) is 5.13 Å². The fourth-order valence-corrected chi connectivity index (χ4v) is 4.10. The second-order valence-electron chi connectivity index (χ2n) is 8.63. The summed E-state index contributed by atoms with van der Waals surface area (Å²) in [4.78, 5) is 44.2. The molecule has 0 aliphatic heterocycles. The first-order chi connectivity index (χ1) is 15.8. The van der Waals surface area contributed by atoms with Gasteiger partial charge in [-0.05, 0) is 52.3 Å². The molecule has 0 bridgehead atoms. The monoisotopic (exact) mass is 490 g/mol. The van der Waals surface area contributed by atoms with Crippen LogP contribution in [-0.4, -0.2) is 40.9 Å². The van der Waals surface area contributed by atoms with Gasteiger partial charge in [-0.3, -0.25) is 14.3 Å². The molecule has 0 unspecified atom stereocenters. The van der Waals surface area contributed by atoms with Crippen LogP contribution in [0.3, 0.4) is 0 Å². The van der Waals surface area contributed by atoms with Crippen LogP contribution in [0.2, 0.25) is 0 Å². The number of anilines is 3. The van der Waals surface area contributed by atoms with Gasteiger partial charge in [0.2, 0.25) is 0 Å². The molecule has 0 saturated heterocycles. The summed E-state index contributed by atoms with van der Waals surface area (Å²) in [6.45, 7) is 8.66. The van der Waals surface area contributed by atoms with Gasteiger partial charge in [0.05, 0.1) is 12.3 Å². The summed E-state index contributed by atoms with van der Waals surface area (Å²) in [6, 6.07) is 4.54. The Hall–Kier alpha value is -3.47. The molecule has 3 rings (SSSR count). The molecule has 0 aliphatic carbocycles. The topological polar surface area (TPSA) is 103 Å². The maximum atomic E-state index is 14.6. The second-order valence-corrected chi connectivity index (χ2v) is 9.61. The first kappa shape index (κ1) is 25.2. The zero-order valence-electron chi connectivity index (χ0n) is 20.1. The van der Waals surface area contributed by atoms with Crippen LogP contribution in [0.4, 0.5) is 25.8 Å². The Kier molecular flexibility index (Phi) is 6.97. The maximum Gasteiger partial charge on any atom is 0.416 e. The van der Waals surface area contributed by atoms with Gasteiger partial charge in [0, 0.05) is 14.1 Å². The van der Waals surface area contributed by atoms with E-state index in [1.807, 2.05) is 0 Å². The lowest BCUT2D eigenvalue weighted by molar-refractivity contribution is 0.0527. The quantitative estimate of drug-likeness (QED) is 0.516. The minimum Gasteiger partial charge on any atom is -0.462 e. The predicted molar refractivity (Wildman–Crippen MR) is 130 cm³/mol. The lowest BCUT2D eigenvalue weighted by Crippen LogP contribution is -2.34. The summed E-state index contributed by atoms with van der Waals surface area (Å²) >= 11 is 0.941. The molecule has 11 heteroatoms. The molecule has 1 amide bonds. The average molecular weight is 491 g/mol. The predicted octanol–water partition coefficient (Wildman–Crippen LogP) is 4.73. The Labute approximate surface area is 200 Å². The van der Waals surface area contributed by atoms with E-state index in [2.05, 4.69) is 10.3 Å². The summed E-state index contributed by atoms with van der Waals surface area (Å²) in [6.07, 6.45) is -0.666. The third-order valence-electron chi connectivity index (χ3n) is 4.74. The number of rotatable bonds is 5. The molecular weight excluding hydrogens is 463 g/mol. The third-order valence-corrected chi connectivity index (χ3v) is 5.86. The van der Waals surface area contributed by atoms with Crippen molar-refractivity contribution >= 4 is 50.3 Å². The van der Waals surface area contributed by atoms with Gasteiger partial charge in [-0.25, -0.2) is 19.0 Å². The summed E-state index contributed by atoms with van der Waals surface area (Å²) in [5.74, 6) is -1.27. The molecule has 34 heavy (non-hydrogen) atoms. The number of nitrogens with zero attached hydrogens (tertiary/aromatic N) is 3. The Morgan fingerprint density at radius 1 is 1.29 bits per heavy atom. The highest BCUT2D eigenvalue weighted by Crippen LogP contribution is 2.34. The molecule has 3 aromatic rings. The van der Waals surface area contributed by atoms with Crippen molar-refractivity contribution in [3.05, 3.63) is 45.5 Å². The highest BCUT2D eigenvalue weighted by molar-refractivity contribution is 7.22. The van der Waals surface area contributed by atoms with Gasteiger partial charge in [-0.2, -0.15) is 0 Å². The Morgan fingerprint density at radius 2 is 1.97 bits per heavy atom. The minimum atomic E-state index is -0.741. The Bertz CT molecular complexity index is 1330. The minimum absolute atomic E-state index is 0.0236. The summed E-state index contributed by atoms with van der Waals surface area (Å²) < 4.78 is 26.5. The van der Waals surface area contributed by atoms with Gasteiger partial charge in [0.25, 0.3) is 5.56 Å². The highest BCUT2D eigenvalue weighted by Gasteiger charge is 2.29. The summed E-state index contributed by atoms with van der Waals surface area (Å²) in [7, 11) is 2.91. The highest BCUT2D eigenvalue weighted by atomic mass is 32.1. The van der Waals surface area contributed by atoms with Crippen LogP contribution in [0, 0.1) is 12.7 Å². The van der Waals surface area contributed by atoms with Crippen molar-refractivity contribution in [3.8, 4) is 0 Å². The number of fused-ring (bicyclic) bond motifs is 1. The number of aryl methyl sites for hydroxylation is 1. The molecule has 0 aliphatic rings. The van der Waals surface area contributed by atoms with E-state index in [0.717, 1.165) is 16.2 Å². The molecule has 182 valence electrons. The zero-order chi connectivity index (χ0) is 25.4. The largest absolute Gasteiger partial charge is 0.462 e. The van der Waals surface area contributed by atoms with E-state index >= 15 is 0 Å². The first-order valence-electron chi connectivity index (χ1n) is 10.5. The number of aromatic nitrogens is 2. The normalized spacial score (nSPS) is 11.4. The van der Waals surface area contributed by atoms with Crippen LogP contribution < -0.4 is 15.8 Å². The molecule has 1 aromatic carbocycles. The number of hydrogen-bond donors (Lipinski definition) is 1. The van der Waals surface area contributed by atoms with E-state index in [1.54, 1.807) is 40.7 Å². The number of halogens is 1. The number of nitrogens with one attached hydrogen (secondary N) is 1. The molecule has 2 aromatic heterocycles. The van der Waals surface area contributed by atoms with Crippen molar-refractivity contribution in [1.82, 2.24) is 9.55 Å². The lowest BCUT2D eigenvalue weighted by atomic mass is 10.2. The third kappa shape index (κ3) is 5.04. The van der Waals surface area contributed by atoms with E-state index in [9.17, 15) is 18.8 Å². The van der Waals surface area contributed by atoms with E-state index < -0.39 is 29.0 Å². The number of thiazole rings is 1. The van der Waals surface area contributed by atoms with Gasteiger partial charge in [-0.1, -0.05) is 17.4 Å². The molecule has 0 spiro atoms. The van der Waals surface area contributed by atoms with Crippen LogP contribution >= 0.6 is 11.3 Å². The van der Waals surface area contributed by atoms with Gasteiger partial charge in [-0.15, -0.1) is 0 Å². The number of pyridine rings is 1. The molecule has 0 atom stereocenters. The number of ether oxygens (including phenoxy) is 2. The van der Waals surface area contributed by atoms with Crippen LogP contribution in [0.1, 0.15) is 43.6 Å². The van der Waals surface area contributed by atoms with Crippen LogP contribution in [0.15, 0.2) is 23.0 Å². The van der Waals surface area contributed by atoms with Crippen molar-refractivity contribution in [2.75, 3.05) is 23.9 Å². The molecule has 2 heterocycles. The number of esters is 1. The van der Waals surface area contributed by atoms with E-state index in [4.69, 9.17) is 9.47 Å². The second kappa shape index (κ2) is 9.41. The Morgan fingerprint density at radius 3 is 2.56 bits per heavy atom. The molecule has 0 saturated carbocycles. The number of amides is 1. The SMILES string of the molecule is CCOC(=O)c1c(Nc2ccc(C)cc2F)n(C)c(=O)c2sc(N(C)C(=O)OC(C)(C)C)nc12. The maximum absolute atomic E-state index is 14.6. The average Bonchev–Trinajstić information content (AvgIpc) is 3.17. The van der Waals surface area contributed by atoms with Crippen molar-refractivity contribution in [3.63, 3.8) is 0 Å². The number of carbonyl (C=O) groups excluding carboxylic acids is 2. The molecule has 0 radical (unpaired) electrons. The van der Waals surface area contributed by atoms with Crippen molar-refractivity contribution in [2.45, 2.75) is 40.2 Å². The van der Waals surface area contributed by atoms with Gasteiger partial charge in [0.1, 0.15) is 33.0 Å². The van der Waals surface area contributed by atoms with Crippen molar-refractivity contribution in [2.24, 2.45) is 7.05 Å². The molecular formula is C23H27FN4O5S. The first-order valence-corrected chi connectivity index (χ1v) is 11.4. The van der Waals surface area contributed by atoms with E-state index in [0.29, 0.717) is 5.56 Å². The summed E-state index contributed by atoms with van der Waals surface area (Å²) in [5, 5.41) is 3.01. The fraction of sp³-hybridized carbons (Fsp3) is 0.391. The summed E-state index contributed by atoms with van der Waals surface area (Å²) in [5.41, 5.74) is -0.409. The molecule has 0 fully saturated rings. The van der Waals surface area contributed by atoms with Crippen molar-refractivity contribution in [1.29, 1.82) is 0 Å². The standard InChI is InChI=1S/C23H27FN4O5S/c1-8-32-20(30)15-16-17(34-21(26-16)28(7)22(31)33-23(3,4)5)19(29)27(6)18(15)25-14-10-9-12(2)11-13(14)24/h9-11,25H,8H2,1-7H3. The van der Waals surface area contributed by atoms with Crippen LogP contribution in [0.5, 0.6) is 0 Å². The fourth-order valence-electron chi connectivity index (χ4n) is 3.10. The van der Waals surface area contributed by atoms with Crippen molar-refractivity contribution < 1.29 is 23.5 Å². The van der Waals surface area contributed by atoms with E-state index in [-0.39, 0.29) is 39.0 Å². The number of hydrogen-bond acceptors (Lipinski definition) is 8. The lowest BCUT2D eigenvalue weighted by Gasteiger charge is -2.23. The van der Waals surface area contributed by atoms with Gasteiger partial charge >= 0.3 is 12.1 Å². The zero-order valence-corrected chi connectivity index (χ0v) is 20.9. The smallest absolute Gasteiger partial charge is 0.416 e. The van der Waals surface area contributed by atoms with Gasteiger partial charge < -0.3 is 14.8 Å². The Balaban J connectivity index is 2.21. The van der Waals surface area contributed by atoms with E-state index in [1.165, 1.54) is 30.8 Å². The molecule has 9 nitrogen and oxygen atoms in total. The molecule has 1 N–H and O–H groups in total. The van der Waals surface area contributed by atoms with Crippen LogP contribution in [0.25, 0.3) is 10.2 Å².